The molecular formula is C14H20ClNO3. The van der Waals surface area contributed by atoms with E-state index in [1.807, 2.05) is 20.8 Å². The van der Waals surface area contributed by atoms with Crippen molar-refractivity contribution in [1.82, 2.24) is 5.32 Å². The summed E-state index contributed by atoms with van der Waals surface area (Å²) in [6.07, 6.45) is 0. The number of benzene rings is 1. The van der Waals surface area contributed by atoms with Crippen LogP contribution in [0.1, 0.15) is 32.4 Å². The minimum absolute atomic E-state index is 0.0341. The van der Waals surface area contributed by atoms with Crippen molar-refractivity contribution in [2.75, 3.05) is 13.2 Å². The molecule has 0 aliphatic carbocycles. The van der Waals surface area contributed by atoms with Gasteiger partial charge in [-0.15, -0.1) is 0 Å². The fourth-order valence-corrected chi connectivity index (χ4v) is 1.57. The van der Waals surface area contributed by atoms with Crippen LogP contribution >= 0.6 is 11.6 Å². The number of carbonyl (C=O) groups excluding carboxylic acids is 1. The Kier molecular flexibility index (Phi) is 5.79. The van der Waals surface area contributed by atoms with Crippen LogP contribution in [0.2, 0.25) is 5.02 Å². The van der Waals surface area contributed by atoms with Gasteiger partial charge in [-0.2, -0.15) is 0 Å². The van der Waals surface area contributed by atoms with E-state index in [1.54, 1.807) is 24.3 Å². The monoisotopic (exact) mass is 285 g/mol. The molecule has 0 bridgehead atoms. The zero-order chi connectivity index (χ0) is 14.5. The third-order valence-electron chi connectivity index (χ3n) is 2.43. The van der Waals surface area contributed by atoms with Crippen LogP contribution in [0.4, 0.5) is 0 Å². The van der Waals surface area contributed by atoms with Gasteiger partial charge >= 0.3 is 0 Å². The fourth-order valence-electron chi connectivity index (χ4n) is 1.45. The highest BCUT2D eigenvalue weighted by Gasteiger charge is 2.16. The Morgan fingerprint density at radius 3 is 2.42 bits per heavy atom. The summed E-state index contributed by atoms with van der Waals surface area (Å²) >= 11 is 5.80. The topological polar surface area (TPSA) is 58.6 Å². The van der Waals surface area contributed by atoms with Gasteiger partial charge in [0.15, 0.2) is 0 Å². The van der Waals surface area contributed by atoms with E-state index < -0.39 is 6.04 Å². The molecule has 1 atom stereocenters. The van der Waals surface area contributed by atoms with Crippen LogP contribution in [0.25, 0.3) is 0 Å². The van der Waals surface area contributed by atoms with Crippen LogP contribution in [-0.2, 0) is 9.53 Å². The number of ether oxygens (including phenoxy) is 1. The summed E-state index contributed by atoms with van der Waals surface area (Å²) in [5.41, 5.74) is 0.433. The Balaban J connectivity index is 2.57. The highest BCUT2D eigenvalue weighted by atomic mass is 35.5. The van der Waals surface area contributed by atoms with E-state index >= 15 is 0 Å². The van der Waals surface area contributed by atoms with Crippen LogP contribution < -0.4 is 5.32 Å². The molecule has 0 radical (unpaired) electrons. The first-order valence-corrected chi connectivity index (χ1v) is 6.49. The van der Waals surface area contributed by atoms with Crippen LogP contribution in [0, 0.1) is 0 Å². The number of aliphatic hydroxyl groups is 1. The summed E-state index contributed by atoms with van der Waals surface area (Å²) in [6.45, 7) is 5.42. The molecule has 0 spiro atoms. The molecule has 1 aromatic carbocycles. The van der Waals surface area contributed by atoms with Crippen LogP contribution in [-0.4, -0.2) is 29.8 Å². The molecule has 0 heterocycles. The summed E-state index contributed by atoms with van der Waals surface area (Å²) in [5, 5.41) is 12.7. The second kappa shape index (κ2) is 6.89. The Morgan fingerprint density at radius 2 is 1.95 bits per heavy atom. The van der Waals surface area contributed by atoms with E-state index in [0.29, 0.717) is 5.02 Å². The van der Waals surface area contributed by atoms with Gasteiger partial charge in [0.05, 0.1) is 18.2 Å². The predicted octanol–water partition coefficient (Wildman–Crippen LogP) is 2.30. The van der Waals surface area contributed by atoms with E-state index in [9.17, 15) is 9.90 Å². The van der Waals surface area contributed by atoms with E-state index in [1.165, 1.54) is 0 Å². The van der Waals surface area contributed by atoms with Crippen LogP contribution in [0.15, 0.2) is 24.3 Å². The predicted molar refractivity (Wildman–Crippen MR) is 75.1 cm³/mol. The van der Waals surface area contributed by atoms with Crippen molar-refractivity contribution in [2.24, 2.45) is 0 Å². The number of hydrogen-bond donors (Lipinski definition) is 2. The van der Waals surface area contributed by atoms with Gasteiger partial charge in [-0.3, -0.25) is 4.79 Å². The van der Waals surface area contributed by atoms with Crippen LogP contribution in [0.3, 0.4) is 0 Å². The highest BCUT2D eigenvalue weighted by molar-refractivity contribution is 6.30. The third kappa shape index (κ3) is 6.05. The average Bonchev–Trinajstić information content (AvgIpc) is 2.34. The third-order valence-corrected chi connectivity index (χ3v) is 2.68. The zero-order valence-corrected chi connectivity index (χ0v) is 12.2. The summed E-state index contributed by atoms with van der Waals surface area (Å²) in [7, 11) is 0. The van der Waals surface area contributed by atoms with Crippen molar-refractivity contribution in [3.63, 3.8) is 0 Å². The van der Waals surface area contributed by atoms with E-state index in [2.05, 4.69) is 5.32 Å². The van der Waals surface area contributed by atoms with Crippen LogP contribution in [0.5, 0.6) is 0 Å². The first kappa shape index (κ1) is 16.0. The molecule has 0 saturated heterocycles. The minimum atomic E-state index is -0.451. The minimum Gasteiger partial charge on any atom is -0.394 e. The normalized spacial score (nSPS) is 13.1. The molecule has 1 unspecified atom stereocenters. The Labute approximate surface area is 118 Å². The van der Waals surface area contributed by atoms with E-state index in [4.69, 9.17) is 16.3 Å². The molecule has 1 amide bonds. The van der Waals surface area contributed by atoms with Gasteiger partial charge in [-0.1, -0.05) is 23.7 Å². The molecule has 5 heteroatoms. The van der Waals surface area contributed by atoms with Gasteiger partial charge in [0.1, 0.15) is 6.61 Å². The lowest BCUT2D eigenvalue weighted by Gasteiger charge is -2.21. The number of halogens is 1. The smallest absolute Gasteiger partial charge is 0.246 e. The maximum absolute atomic E-state index is 11.7. The molecule has 0 aliphatic heterocycles. The average molecular weight is 286 g/mol. The molecule has 0 saturated carbocycles. The first-order valence-electron chi connectivity index (χ1n) is 6.11. The molecule has 19 heavy (non-hydrogen) atoms. The maximum Gasteiger partial charge on any atom is 0.246 e. The molecule has 0 fully saturated rings. The summed E-state index contributed by atoms with van der Waals surface area (Å²) in [6, 6.07) is 6.53. The Morgan fingerprint density at radius 1 is 1.37 bits per heavy atom. The number of aliphatic hydroxyl groups excluding tert-OH is 1. The van der Waals surface area contributed by atoms with Gasteiger partial charge < -0.3 is 15.2 Å². The second-order valence-corrected chi connectivity index (χ2v) is 5.69. The summed E-state index contributed by atoms with van der Waals surface area (Å²) < 4.78 is 5.38. The second-order valence-electron chi connectivity index (χ2n) is 5.26. The lowest BCUT2D eigenvalue weighted by atomic mass is 10.1. The fraction of sp³-hybridized carbons (Fsp3) is 0.500. The van der Waals surface area contributed by atoms with Gasteiger partial charge in [0.25, 0.3) is 0 Å². The molecular weight excluding hydrogens is 266 g/mol. The van der Waals surface area contributed by atoms with Crippen molar-refractivity contribution in [1.29, 1.82) is 0 Å². The summed E-state index contributed by atoms with van der Waals surface area (Å²) in [5.74, 6) is -0.260. The van der Waals surface area contributed by atoms with Crippen molar-refractivity contribution >= 4 is 17.5 Å². The molecule has 1 aromatic rings. The molecule has 4 nitrogen and oxygen atoms in total. The largest absolute Gasteiger partial charge is 0.394 e. The van der Waals surface area contributed by atoms with E-state index in [0.717, 1.165) is 5.56 Å². The standard InChI is InChI=1S/C14H20ClNO3/c1-14(2,3)19-9-13(18)16-12(8-17)10-4-6-11(15)7-5-10/h4-7,12,17H,8-9H2,1-3H3,(H,16,18). The Bertz CT molecular complexity index is 412. The van der Waals surface area contributed by atoms with Gasteiger partial charge in [0, 0.05) is 5.02 Å². The number of hydrogen-bond acceptors (Lipinski definition) is 3. The molecule has 0 aromatic heterocycles. The SMILES string of the molecule is CC(C)(C)OCC(=O)NC(CO)c1ccc(Cl)cc1. The molecule has 106 valence electrons. The van der Waals surface area contributed by atoms with Crippen molar-refractivity contribution in [3.05, 3.63) is 34.9 Å². The Hall–Kier alpha value is -1.10. The van der Waals surface area contributed by atoms with Crippen molar-refractivity contribution < 1.29 is 14.6 Å². The first-order chi connectivity index (χ1) is 8.81. The van der Waals surface area contributed by atoms with Crippen molar-refractivity contribution in [2.45, 2.75) is 32.4 Å². The number of amides is 1. The number of rotatable bonds is 5. The quantitative estimate of drug-likeness (QED) is 0.873. The number of carbonyl (C=O) groups is 1. The lowest BCUT2D eigenvalue weighted by molar-refractivity contribution is -0.131. The molecule has 1 rings (SSSR count). The summed E-state index contributed by atoms with van der Waals surface area (Å²) in [4.78, 5) is 11.7. The highest BCUT2D eigenvalue weighted by Crippen LogP contribution is 2.16. The van der Waals surface area contributed by atoms with Gasteiger partial charge in [-0.25, -0.2) is 0 Å². The number of nitrogens with one attached hydrogen (secondary N) is 1. The van der Waals surface area contributed by atoms with Crippen molar-refractivity contribution in [3.8, 4) is 0 Å². The van der Waals surface area contributed by atoms with E-state index in [-0.39, 0.29) is 24.7 Å². The zero-order valence-electron chi connectivity index (χ0n) is 11.4. The van der Waals surface area contributed by atoms with Gasteiger partial charge in [0.2, 0.25) is 5.91 Å². The molecule has 2 N–H and O–H groups in total. The maximum atomic E-state index is 11.7. The lowest BCUT2D eigenvalue weighted by Crippen LogP contribution is -2.36. The van der Waals surface area contributed by atoms with Gasteiger partial charge in [-0.05, 0) is 38.5 Å². The molecule has 0 aliphatic rings.